The topological polar surface area (TPSA) is 99.5 Å². The minimum Gasteiger partial charge on any atom is -0.462 e. The van der Waals surface area contributed by atoms with Crippen LogP contribution < -0.4 is 5.32 Å². The second-order valence-corrected chi connectivity index (χ2v) is 9.08. The molecule has 8 nitrogen and oxygen atoms in total. The molecule has 0 saturated heterocycles. The van der Waals surface area contributed by atoms with Gasteiger partial charge in [-0.05, 0) is 56.2 Å². The highest BCUT2D eigenvalue weighted by atomic mass is 32.1. The van der Waals surface area contributed by atoms with Crippen molar-refractivity contribution in [2.24, 2.45) is 5.92 Å². The number of anilines is 1. The van der Waals surface area contributed by atoms with Gasteiger partial charge >= 0.3 is 11.9 Å². The maximum absolute atomic E-state index is 12.7. The van der Waals surface area contributed by atoms with Crippen LogP contribution in [0.1, 0.15) is 58.4 Å². The molecule has 0 aliphatic heterocycles. The van der Waals surface area contributed by atoms with Gasteiger partial charge in [-0.25, -0.2) is 14.3 Å². The monoisotopic (exact) mass is 483 g/mol. The standard InChI is InChI=1S/C25H29N3O5S/c1-6-32-25(31)22-18(12-15(2)3)14-34-23(22)26-20(29)13-33-24(30)21-16(4)27-28(17(21)5)19-10-8-7-9-11-19/h7-11,14-15H,6,12-13H2,1-5H3,(H,26,29). The predicted octanol–water partition coefficient (Wildman–Crippen LogP) is 4.72. The first-order valence-corrected chi connectivity index (χ1v) is 12.0. The predicted molar refractivity (Wildman–Crippen MR) is 131 cm³/mol. The van der Waals surface area contributed by atoms with Crippen LogP contribution >= 0.6 is 11.3 Å². The first kappa shape index (κ1) is 25.2. The van der Waals surface area contributed by atoms with E-state index in [2.05, 4.69) is 10.4 Å². The highest BCUT2D eigenvalue weighted by Crippen LogP contribution is 2.31. The number of rotatable bonds is 9. The molecule has 9 heteroatoms. The Balaban J connectivity index is 1.70. The van der Waals surface area contributed by atoms with Crippen LogP contribution in [0, 0.1) is 19.8 Å². The van der Waals surface area contributed by atoms with E-state index in [4.69, 9.17) is 9.47 Å². The summed E-state index contributed by atoms with van der Waals surface area (Å²) in [5.41, 5.74) is 3.45. The lowest BCUT2D eigenvalue weighted by Gasteiger charge is -2.10. The van der Waals surface area contributed by atoms with E-state index >= 15 is 0 Å². The van der Waals surface area contributed by atoms with Gasteiger partial charge in [-0.2, -0.15) is 5.10 Å². The average Bonchev–Trinajstić information content (AvgIpc) is 3.31. The lowest BCUT2D eigenvalue weighted by Crippen LogP contribution is -2.22. The molecule has 180 valence electrons. The zero-order valence-corrected chi connectivity index (χ0v) is 20.8. The molecular weight excluding hydrogens is 454 g/mol. The number of aromatic nitrogens is 2. The van der Waals surface area contributed by atoms with Crippen LogP contribution in [0.3, 0.4) is 0 Å². The fraction of sp³-hybridized carbons (Fsp3) is 0.360. The number of carbonyl (C=O) groups is 3. The summed E-state index contributed by atoms with van der Waals surface area (Å²) in [6, 6.07) is 9.44. The third-order valence-corrected chi connectivity index (χ3v) is 6.00. The molecule has 1 N–H and O–H groups in total. The highest BCUT2D eigenvalue weighted by Gasteiger charge is 2.24. The van der Waals surface area contributed by atoms with Gasteiger partial charge in [-0.15, -0.1) is 11.3 Å². The summed E-state index contributed by atoms with van der Waals surface area (Å²) in [4.78, 5) is 37.8. The molecule has 0 unspecified atom stereocenters. The van der Waals surface area contributed by atoms with Gasteiger partial charge in [0.05, 0.1) is 29.2 Å². The van der Waals surface area contributed by atoms with E-state index in [1.54, 1.807) is 25.5 Å². The van der Waals surface area contributed by atoms with Gasteiger partial charge in [-0.1, -0.05) is 32.0 Å². The molecule has 3 aromatic rings. The van der Waals surface area contributed by atoms with Crippen molar-refractivity contribution < 1.29 is 23.9 Å². The number of hydrogen-bond acceptors (Lipinski definition) is 7. The maximum atomic E-state index is 12.7. The van der Waals surface area contributed by atoms with Gasteiger partial charge in [-0.3, -0.25) is 4.79 Å². The Morgan fingerprint density at radius 2 is 1.74 bits per heavy atom. The molecule has 0 spiro atoms. The van der Waals surface area contributed by atoms with E-state index in [1.165, 1.54) is 11.3 Å². The van der Waals surface area contributed by atoms with Crippen LogP contribution in [0.4, 0.5) is 5.00 Å². The number of thiophene rings is 1. The number of aryl methyl sites for hydroxylation is 1. The fourth-order valence-electron chi connectivity index (χ4n) is 3.63. The molecule has 0 bridgehead atoms. The maximum Gasteiger partial charge on any atom is 0.342 e. The largest absolute Gasteiger partial charge is 0.462 e. The van der Waals surface area contributed by atoms with Gasteiger partial charge < -0.3 is 14.8 Å². The molecule has 0 saturated carbocycles. The number of nitrogens with one attached hydrogen (secondary N) is 1. The normalized spacial score (nSPS) is 10.9. The molecule has 0 fully saturated rings. The minimum atomic E-state index is -0.635. The highest BCUT2D eigenvalue weighted by molar-refractivity contribution is 7.15. The molecule has 1 aromatic carbocycles. The summed E-state index contributed by atoms with van der Waals surface area (Å²) in [6.45, 7) is 9.06. The van der Waals surface area contributed by atoms with E-state index < -0.39 is 24.5 Å². The molecule has 0 aliphatic rings. The number of benzene rings is 1. The molecular formula is C25H29N3O5S. The van der Waals surface area contributed by atoms with Crippen LogP contribution in [0.5, 0.6) is 0 Å². The van der Waals surface area contributed by atoms with Crippen molar-refractivity contribution in [3.63, 3.8) is 0 Å². The van der Waals surface area contributed by atoms with Gasteiger partial charge in [0.1, 0.15) is 10.6 Å². The number of ether oxygens (including phenoxy) is 2. The molecule has 34 heavy (non-hydrogen) atoms. The first-order chi connectivity index (χ1) is 16.2. The number of para-hydroxylation sites is 1. The fourth-order valence-corrected chi connectivity index (χ4v) is 4.61. The van der Waals surface area contributed by atoms with Gasteiger partial charge in [0.15, 0.2) is 6.61 Å². The van der Waals surface area contributed by atoms with Crippen molar-refractivity contribution in [2.45, 2.75) is 41.0 Å². The summed E-state index contributed by atoms with van der Waals surface area (Å²) >= 11 is 1.25. The lowest BCUT2D eigenvalue weighted by atomic mass is 10.0. The number of hydrogen-bond donors (Lipinski definition) is 1. The van der Waals surface area contributed by atoms with Crippen molar-refractivity contribution in [1.82, 2.24) is 9.78 Å². The van der Waals surface area contributed by atoms with Crippen LogP contribution in [-0.4, -0.2) is 40.8 Å². The van der Waals surface area contributed by atoms with E-state index in [1.807, 2.05) is 49.6 Å². The van der Waals surface area contributed by atoms with Gasteiger partial charge in [0.25, 0.3) is 5.91 Å². The summed E-state index contributed by atoms with van der Waals surface area (Å²) in [5.74, 6) is -1.32. The molecule has 0 radical (unpaired) electrons. The minimum absolute atomic E-state index is 0.232. The SMILES string of the molecule is CCOC(=O)c1c(CC(C)C)csc1NC(=O)COC(=O)c1c(C)nn(-c2ccccc2)c1C. The van der Waals surface area contributed by atoms with Crippen molar-refractivity contribution in [2.75, 3.05) is 18.5 Å². The second-order valence-electron chi connectivity index (χ2n) is 8.20. The smallest absolute Gasteiger partial charge is 0.342 e. The van der Waals surface area contributed by atoms with Crippen LogP contribution in [-0.2, 0) is 20.7 Å². The quantitative estimate of drug-likeness (QED) is 0.442. The molecule has 2 aromatic heterocycles. The molecule has 2 heterocycles. The molecule has 0 atom stereocenters. The van der Waals surface area contributed by atoms with E-state index in [0.717, 1.165) is 11.3 Å². The van der Waals surface area contributed by atoms with Crippen LogP contribution in [0.25, 0.3) is 5.69 Å². The van der Waals surface area contributed by atoms with Crippen molar-refractivity contribution in [1.29, 1.82) is 0 Å². The molecule has 3 rings (SSSR count). The number of amides is 1. The van der Waals surface area contributed by atoms with E-state index in [-0.39, 0.29) is 6.61 Å². The van der Waals surface area contributed by atoms with Crippen molar-refractivity contribution in [3.8, 4) is 5.69 Å². The Hall–Kier alpha value is -3.46. The first-order valence-electron chi connectivity index (χ1n) is 11.1. The third kappa shape index (κ3) is 5.72. The van der Waals surface area contributed by atoms with Crippen LogP contribution in [0.2, 0.25) is 0 Å². The average molecular weight is 484 g/mol. The Morgan fingerprint density at radius 3 is 2.38 bits per heavy atom. The van der Waals surface area contributed by atoms with Crippen molar-refractivity contribution >= 4 is 34.2 Å². The number of esters is 2. The lowest BCUT2D eigenvalue weighted by molar-refractivity contribution is -0.119. The van der Waals surface area contributed by atoms with Gasteiger partial charge in [0.2, 0.25) is 0 Å². The zero-order chi connectivity index (χ0) is 24.8. The summed E-state index contributed by atoms with van der Waals surface area (Å²) in [7, 11) is 0. The zero-order valence-electron chi connectivity index (χ0n) is 20.0. The van der Waals surface area contributed by atoms with Crippen molar-refractivity contribution in [3.05, 3.63) is 63.8 Å². The summed E-state index contributed by atoms with van der Waals surface area (Å²) < 4.78 is 12.1. The van der Waals surface area contributed by atoms with E-state index in [0.29, 0.717) is 39.9 Å². The Kier molecular flexibility index (Phi) is 8.22. The van der Waals surface area contributed by atoms with E-state index in [9.17, 15) is 14.4 Å². The Morgan fingerprint density at radius 1 is 1.06 bits per heavy atom. The van der Waals surface area contributed by atoms with Crippen LogP contribution in [0.15, 0.2) is 35.7 Å². The summed E-state index contributed by atoms with van der Waals surface area (Å²) in [5, 5.41) is 9.36. The Labute approximate surface area is 202 Å². The number of carbonyl (C=O) groups excluding carboxylic acids is 3. The second kappa shape index (κ2) is 11.1. The van der Waals surface area contributed by atoms with Gasteiger partial charge in [0, 0.05) is 0 Å². The summed E-state index contributed by atoms with van der Waals surface area (Å²) in [6.07, 6.45) is 0.680. The Bertz CT molecular complexity index is 1180. The molecule has 1 amide bonds. The third-order valence-electron chi connectivity index (χ3n) is 5.06. The molecule has 0 aliphatic carbocycles. The number of nitrogens with zero attached hydrogens (tertiary/aromatic N) is 2.